The van der Waals surface area contributed by atoms with E-state index in [1.807, 2.05) is 12.1 Å². The number of benzene rings is 3. The first-order valence-corrected chi connectivity index (χ1v) is 14.8. The molecule has 0 aliphatic carbocycles. The number of fused-ring (bicyclic) bond motifs is 1. The Balaban J connectivity index is 1.37. The lowest BCUT2D eigenvalue weighted by Crippen LogP contribution is -2.25. The standard InChI is InChI=1S/C34H44FN3O/c1-4-7-24-38-33-26-31(39-25-8-23-37(5-2)6-3)20-21-32(33)36-34(38)22-17-28-12-9-27(10-13-28)11-14-29-15-18-30(35)19-16-29/h9-10,12-13,15-16,18-21,26H,4-8,11,14,17,22-25H2,1-3H3. The zero-order valence-corrected chi connectivity index (χ0v) is 24.0. The molecule has 0 spiro atoms. The zero-order valence-electron chi connectivity index (χ0n) is 24.0. The molecule has 1 aromatic heterocycles. The summed E-state index contributed by atoms with van der Waals surface area (Å²) in [4.78, 5) is 7.46. The number of aromatic nitrogens is 2. The molecule has 4 aromatic rings. The van der Waals surface area contributed by atoms with Crippen molar-refractivity contribution in [1.82, 2.24) is 14.5 Å². The molecule has 5 heteroatoms. The van der Waals surface area contributed by atoms with Gasteiger partial charge in [0, 0.05) is 25.6 Å². The third-order valence-electron chi connectivity index (χ3n) is 7.59. The van der Waals surface area contributed by atoms with E-state index in [4.69, 9.17) is 9.72 Å². The van der Waals surface area contributed by atoms with Crippen LogP contribution in [-0.2, 0) is 32.2 Å². The molecule has 0 radical (unpaired) electrons. The lowest BCUT2D eigenvalue weighted by Gasteiger charge is -2.17. The highest BCUT2D eigenvalue weighted by atomic mass is 19.1. The lowest BCUT2D eigenvalue weighted by molar-refractivity contribution is 0.249. The van der Waals surface area contributed by atoms with Gasteiger partial charge in [-0.25, -0.2) is 9.37 Å². The number of ether oxygens (including phenoxy) is 1. The summed E-state index contributed by atoms with van der Waals surface area (Å²) in [5.74, 6) is 1.90. The fourth-order valence-electron chi connectivity index (χ4n) is 5.09. The van der Waals surface area contributed by atoms with Crippen LogP contribution in [0.2, 0.25) is 0 Å². The van der Waals surface area contributed by atoms with Crippen LogP contribution in [0.3, 0.4) is 0 Å². The predicted molar refractivity (Wildman–Crippen MR) is 160 cm³/mol. The molecule has 4 nitrogen and oxygen atoms in total. The molecular formula is C34H44FN3O. The van der Waals surface area contributed by atoms with Gasteiger partial charge in [0.15, 0.2) is 0 Å². The smallest absolute Gasteiger partial charge is 0.123 e. The van der Waals surface area contributed by atoms with E-state index in [9.17, 15) is 4.39 Å². The summed E-state index contributed by atoms with van der Waals surface area (Å²) in [5.41, 5.74) is 6.03. The van der Waals surface area contributed by atoms with Gasteiger partial charge in [0.2, 0.25) is 0 Å². The van der Waals surface area contributed by atoms with Gasteiger partial charge < -0.3 is 14.2 Å². The largest absolute Gasteiger partial charge is 0.493 e. The number of nitrogens with zero attached hydrogens (tertiary/aromatic N) is 3. The van der Waals surface area contributed by atoms with E-state index in [-0.39, 0.29) is 5.82 Å². The summed E-state index contributed by atoms with van der Waals surface area (Å²) in [6, 6.07) is 22.1. The molecular weight excluding hydrogens is 485 g/mol. The Labute approximate surface area is 233 Å². The Bertz CT molecular complexity index is 1280. The number of hydrogen-bond acceptors (Lipinski definition) is 3. The van der Waals surface area contributed by atoms with E-state index in [1.54, 1.807) is 0 Å². The SMILES string of the molecule is CCCCn1c(CCc2ccc(CCc3ccc(F)cc3)cc2)nc2ccc(OCCCN(CC)CC)cc21. The van der Waals surface area contributed by atoms with Crippen molar-refractivity contribution < 1.29 is 9.13 Å². The second-order valence-corrected chi connectivity index (χ2v) is 10.4. The number of unbranched alkanes of at least 4 members (excludes halogenated alkanes) is 1. The van der Waals surface area contributed by atoms with Crippen molar-refractivity contribution in [3.05, 3.63) is 95.1 Å². The van der Waals surface area contributed by atoms with Gasteiger partial charge in [0.25, 0.3) is 0 Å². The van der Waals surface area contributed by atoms with E-state index in [0.29, 0.717) is 0 Å². The Hall–Kier alpha value is -3.18. The third-order valence-corrected chi connectivity index (χ3v) is 7.59. The Morgan fingerprint density at radius 1 is 0.769 bits per heavy atom. The minimum atomic E-state index is -0.179. The number of imidazole rings is 1. The van der Waals surface area contributed by atoms with Gasteiger partial charge in [-0.3, -0.25) is 0 Å². The molecule has 0 amide bonds. The molecule has 3 aromatic carbocycles. The topological polar surface area (TPSA) is 30.3 Å². The first-order valence-electron chi connectivity index (χ1n) is 14.8. The van der Waals surface area contributed by atoms with Crippen LogP contribution in [0.15, 0.2) is 66.7 Å². The highest BCUT2D eigenvalue weighted by Gasteiger charge is 2.12. The third kappa shape index (κ3) is 8.40. The van der Waals surface area contributed by atoms with Crippen molar-refractivity contribution in [3.8, 4) is 5.75 Å². The minimum absolute atomic E-state index is 0.179. The van der Waals surface area contributed by atoms with Crippen molar-refractivity contribution in [2.75, 3.05) is 26.2 Å². The van der Waals surface area contributed by atoms with Crippen molar-refractivity contribution in [1.29, 1.82) is 0 Å². The van der Waals surface area contributed by atoms with E-state index in [1.165, 1.54) is 34.3 Å². The molecule has 0 fully saturated rings. The van der Waals surface area contributed by atoms with Gasteiger partial charge >= 0.3 is 0 Å². The van der Waals surface area contributed by atoms with Crippen LogP contribution in [0.4, 0.5) is 4.39 Å². The van der Waals surface area contributed by atoms with E-state index in [2.05, 4.69) is 72.7 Å². The molecule has 0 saturated carbocycles. The van der Waals surface area contributed by atoms with Gasteiger partial charge in [-0.1, -0.05) is 63.6 Å². The molecule has 0 N–H and O–H groups in total. The first-order chi connectivity index (χ1) is 19.1. The summed E-state index contributed by atoms with van der Waals surface area (Å²) in [6.45, 7) is 11.6. The van der Waals surface area contributed by atoms with Crippen LogP contribution in [0.1, 0.15) is 62.5 Å². The summed E-state index contributed by atoms with van der Waals surface area (Å²) < 4.78 is 21.7. The molecule has 0 saturated heterocycles. The molecule has 0 atom stereocenters. The molecule has 0 aliphatic heterocycles. The lowest BCUT2D eigenvalue weighted by atomic mass is 10.0. The zero-order chi connectivity index (χ0) is 27.5. The van der Waals surface area contributed by atoms with E-state index >= 15 is 0 Å². The van der Waals surface area contributed by atoms with E-state index in [0.717, 1.165) is 94.8 Å². The number of hydrogen-bond donors (Lipinski definition) is 0. The Morgan fingerprint density at radius 2 is 1.38 bits per heavy atom. The molecule has 0 bridgehead atoms. The maximum atomic E-state index is 13.1. The Kier molecular flexibility index (Phi) is 11.0. The summed E-state index contributed by atoms with van der Waals surface area (Å²) in [7, 11) is 0. The highest BCUT2D eigenvalue weighted by Crippen LogP contribution is 2.24. The van der Waals surface area contributed by atoms with Gasteiger partial charge in [-0.2, -0.15) is 0 Å². The van der Waals surface area contributed by atoms with Gasteiger partial charge in [0.1, 0.15) is 17.4 Å². The normalized spacial score (nSPS) is 11.5. The Morgan fingerprint density at radius 3 is 2.00 bits per heavy atom. The van der Waals surface area contributed by atoms with Gasteiger partial charge in [-0.05, 0) is 86.1 Å². The maximum Gasteiger partial charge on any atom is 0.123 e. The fraction of sp³-hybridized carbons (Fsp3) is 0.441. The average Bonchev–Trinajstić information content (AvgIpc) is 3.31. The predicted octanol–water partition coefficient (Wildman–Crippen LogP) is 7.66. The summed E-state index contributed by atoms with van der Waals surface area (Å²) in [5, 5.41) is 0. The number of halogens is 1. The average molecular weight is 530 g/mol. The maximum absolute atomic E-state index is 13.1. The van der Waals surface area contributed by atoms with Crippen LogP contribution in [0.25, 0.3) is 11.0 Å². The first kappa shape index (κ1) is 28.8. The highest BCUT2D eigenvalue weighted by molar-refractivity contribution is 5.78. The quantitative estimate of drug-likeness (QED) is 0.140. The monoisotopic (exact) mass is 529 g/mol. The fourth-order valence-corrected chi connectivity index (χ4v) is 5.09. The van der Waals surface area contributed by atoms with Crippen LogP contribution >= 0.6 is 0 Å². The van der Waals surface area contributed by atoms with Crippen molar-refractivity contribution >= 4 is 11.0 Å². The molecule has 1 heterocycles. The summed E-state index contributed by atoms with van der Waals surface area (Å²) >= 11 is 0. The van der Waals surface area contributed by atoms with Crippen LogP contribution < -0.4 is 4.74 Å². The van der Waals surface area contributed by atoms with Crippen molar-refractivity contribution in [2.24, 2.45) is 0 Å². The van der Waals surface area contributed by atoms with Crippen LogP contribution in [0.5, 0.6) is 5.75 Å². The second kappa shape index (κ2) is 14.8. The van der Waals surface area contributed by atoms with Gasteiger partial charge in [-0.15, -0.1) is 0 Å². The summed E-state index contributed by atoms with van der Waals surface area (Å²) in [6.07, 6.45) is 7.07. The van der Waals surface area contributed by atoms with Crippen molar-refractivity contribution in [3.63, 3.8) is 0 Å². The minimum Gasteiger partial charge on any atom is -0.493 e. The molecule has 39 heavy (non-hydrogen) atoms. The molecule has 0 unspecified atom stereocenters. The second-order valence-electron chi connectivity index (χ2n) is 10.4. The van der Waals surface area contributed by atoms with E-state index < -0.39 is 0 Å². The molecule has 4 rings (SSSR count). The van der Waals surface area contributed by atoms with Crippen LogP contribution in [0, 0.1) is 5.82 Å². The van der Waals surface area contributed by atoms with Gasteiger partial charge in [0.05, 0.1) is 17.6 Å². The molecule has 208 valence electrons. The number of aryl methyl sites for hydroxylation is 5. The number of rotatable bonds is 16. The van der Waals surface area contributed by atoms with Crippen LogP contribution in [-0.4, -0.2) is 40.7 Å². The molecule has 0 aliphatic rings. The van der Waals surface area contributed by atoms with Crippen molar-refractivity contribution in [2.45, 2.75) is 72.3 Å².